The molecule has 6 atom stereocenters. The Balaban J connectivity index is 1.86. The standard InChI is InChI=1S/C13H18O5/c1-16-12-4-2-7-6-8(12)11(15)18-13(12)5-3-9(14)17-10(7)13/h7-10,14H,2-6H2,1H3/t7-,8+,9?,10-,12-,13+/m0/s1. The number of carbonyl (C=O) groups is 1. The number of aliphatic hydroxyl groups excluding tert-OH is 1. The van der Waals surface area contributed by atoms with E-state index in [9.17, 15) is 9.90 Å². The van der Waals surface area contributed by atoms with E-state index in [-0.39, 0.29) is 18.0 Å². The predicted molar refractivity (Wildman–Crippen MR) is 59.5 cm³/mol. The maximum Gasteiger partial charge on any atom is 0.312 e. The van der Waals surface area contributed by atoms with Crippen LogP contribution in [0.15, 0.2) is 0 Å². The van der Waals surface area contributed by atoms with Gasteiger partial charge < -0.3 is 19.3 Å². The van der Waals surface area contributed by atoms with Gasteiger partial charge in [0.25, 0.3) is 0 Å². The third-order valence-corrected chi connectivity index (χ3v) is 5.59. The van der Waals surface area contributed by atoms with Crippen molar-refractivity contribution in [3.05, 3.63) is 0 Å². The van der Waals surface area contributed by atoms with Gasteiger partial charge in [-0.25, -0.2) is 0 Å². The predicted octanol–water partition coefficient (Wildman–Crippen LogP) is 0.595. The van der Waals surface area contributed by atoms with Gasteiger partial charge in [0.05, 0.1) is 5.92 Å². The number of rotatable bonds is 1. The van der Waals surface area contributed by atoms with Gasteiger partial charge in [-0.2, -0.15) is 0 Å². The highest BCUT2D eigenvalue weighted by molar-refractivity contribution is 5.79. The molecule has 5 aliphatic rings. The molecule has 0 amide bonds. The number of esters is 1. The summed E-state index contributed by atoms with van der Waals surface area (Å²) in [6.45, 7) is 0. The zero-order valence-electron chi connectivity index (χ0n) is 10.4. The minimum Gasteiger partial charge on any atom is -0.453 e. The molecule has 1 spiro atoms. The molecule has 1 unspecified atom stereocenters. The van der Waals surface area contributed by atoms with E-state index in [0.29, 0.717) is 18.8 Å². The molecule has 0 aromatic rings. The molecule has 2 heterocycles. The fourth-order valence-electron chi connectivity index (χ4n) is 4.89. The van der Waals surface area contributed by atoms with Crippen LogP contribution in [0, 0.1) is 11.8 Å². The minimum absolute atomic E-state index is 0.135. The number of fused-ring (bicyclic) bond motifs is 1. The Morgan fingerprint density at radius 2 is 2.22 bits per heavy atom. The normalized spacial score (nSPS) is 57.3. The van der Waals surface area contributed by atoms with Crippen LogP contribution in [0.2, 0.25) is 0 Å². The van der Waals surface area contributed by atoms with Gasteiger partial charge in [-0.15, -0.1) is 0 Å². The van der Waals surface area contributed by atoms with E-state index in [1.54, 1.807) is 7.11 Å². The number of hydrogen-bond acceptors (Lipinski definition) is 5. The molecule has 4 bridgehead atoms. The number of carbonyl (C=O) groups excluding carboxylic acids is 1. The lowest BCUT2D eigenvalue weighted by molar-refractivity contribution is -0.321. The average molecular weight is 254 g/mol. The van der Waals surface area contributed by atoms with Crippen LogP contribution in [0.4, 0.5) is 0 Å². The maximum absolute atomic E-state index is 12.1. The van der Waals surface area contributed by atoms with Gasteiger partial charge in [-0.05, 0) is 31.6 Å². The van der Waals surface area contributed by atoms with Crippen LogP contribution < -0.4 is 0 Å². The van der Waals surface area contributed by atoms with Crippen molar-refractivity contribution in [1.82, 2.24) is 0 Å². The molecule has 1 N–H and O–H groups in total. The second-order valence-corrected chi connectivity index (χ2v) is 6.04. The van der Waals surface area contributed by atoms with Crippen LogP contribution in [0.5, 0.6) is 0 Å². The molecule has 0 aromatic heterocycles. The smallest absolute Gasteiger partial charge is 0.312 e. The maximum atomic E-state index is 12.1. The van der Waals surface area contributed by atoms with Crippen molar-refractivity contribution >= 4 is 5.97 Å². The Labute approximate surface area is 105 Å². The Hall–Kier alpha value is -0.650. The molecule has 2 saturated heterocycles. The summed E-state index contributed by atoms with van der Waals surface area (Å²) in [5.41, 5.74) is -1.17. The van der Waals surface area contributed by atoms with E-state index in [1.807, 2.05) is 0 Å². The third-order valence-electron chi connectivity index (χ3n) is 5.59. The van der Waals surface area contributed by atoms with Crippen LogP contribution in [-0.4, -0.2) is 41.8 Å². The Bertz CT molecular complexity index is 410. The monoisotopic (exact) mass is 254 g/mol. The summed E-state index contributed by atoms with van der Waals surface area (Å²) < 4.78 is 17.3. The molecule has 5 nitrogen and oxygen atoms in total. The molecular weight excluding hydrogens is 236 g/mol. The quantitative estimate of drug-likeness (QED) is 0.694. The van der Waals surface area contributed by atoms with Gasteiger partial charge >= 0.3 is 5.97 Å². The Morgan fingerprint density at radius 1 is 1.39 bits per heavy atom. The summed E-state index contributed by atoms with van der Waals surface area (Å²) in [6.07, 6.45) is 2.84. The van der Waals surface area contributed by atoms with Gasteiger partial charge in [0.15, 0.2) is 11.9 Å². The highest BCUT2D eigenvalue weighted by Gasteiger charge is 2.77. The van der Waals surface area contributed by atoms with Crippen LogP contribution in [0.3, 0.4) is 0 Å². The zero-order valence-corrected chi connectivity index (χ0v) is 10.4. The zero-order chi connectivity index (χ0) is 12.5. The number of hydrogen-bond donors (Lipinski definition) is 1. The minimum atomic E-state index is -0.730. The summed E-state index contributed by atoms with van der Waals surface area (Å²) in [7, 11) is 1.67. The molecule has 5 heteroatoms. The van der Waals surface area contributed by atoms with E-state index < -0.39 is 17.5 Å². The number of methoxy groups -OCH3 is 1. The van der Waals surface area contributed by atoms with E-state index in [4.69, 9.17) is 14.2 Å². The largest absolute Gasteiger partial charge is 0.453 e. The Kier molecular flexibility index (Phi) is 2.03. The van der Waals surface area contributed by atoms with E-state index in [1.165, 1.54) is 0 Å². The summed E-state index contributed by atoms with van der Waals surface area (Å²) in [5.74, 6) is 0.0359. The van der Waals surface area contributed by atoms with Gasteiger partial charge in [0.1, 0.15) is 11.7 Å². The number of ether oxygens (including phenoxy) is 3. The second kappa shape index (κ2) is 3.26. The lowest BCUT2D eigenvalue weighted by atomic mass is 9.52. The van der Waals surface area contributed by atoms with Crippen molar-refractivity contribution in [3.63, 3.8) is 0 Å². The summed E-state index contributed by atoms with van der Waals surface area (Å²) in [6, 6.07) is 0. The highest BCUT2D eigenvalue weighted by atomic mass is 16.7. The molecular formula is C13H18O5. The van der Waals surface area contributed by atoms with Crippen LogP contribution in [0.25, 0.3) is 0 Å². The summed E-state index contributed by atoms with van der Waals surface area (Å²) in [4.78, 5) is 12.1. The fourth-order valence-corrected chi connectivity index (χ4v) is 4.89. The van der Waals surface area contributed by atoms with Gasteiger partial charge in [-0.1, -0.05) is 0 Å². The van der Waals surface area contributed by atoms with Crippen molar-refractivity contribution in [1.29, 1.82) is 0 Å². The second-order valence-electron chi connectivity index (χ2n) is 6.04. The molecule has 5 rings (SSSR count). The van der Waals surface area contributed by atoms with Gasteiger partial charge in [-0.3, -0.25) is 4.79 Å². The molecule has 100 valence electrons. The van der Waals surface area contributed by atoms with Crippen molar-refractivity contribution < 1.29 is 24.1 Å². The lowest BCUT2D eigenvalue weighted by Crippen LogP contribution is -2.72. The first-order valence-electron chi connectivity index (χ1n) is 6.74. The molecule has 0 radical (unpaired) electrons. The topological polar surface area (TPSA) is 65.0 Å². The third kappa shape index (κ3) is 0.995. The first-order valence-corrected chi connectivity index (χ1v) is 6.74. The van der Waals surface area contributed by atoms with E-state index in [2.05, 4.69) is 0 Å². The lowest BCUT2D eigenvalue weighted by Gasteiger charge is -2.60. The molecule has 18 heavy (non-hydrogen) atoms. The van der Waals surface area contributed by atoms with Crippen LogP contribution in [0.1, 0.15) is 32.1 Å². The average Bonchev–Trinajstić information content (AvgIpc) is 2.57. The van der Waals surface area contributed by atoms with Crippen molar-refractivity contribution in [2.45, 2.75) is 55.7 Å². The SMILES string of the molecule is CO[C@@]12CC[C@H]3C[C@@H]1C(=O)O[C@@]21CCC(O)O[C@@H]31. The van der Waals surface area contributed by atoms with Crippen molar-refractivity contribution in [3.8, 4) is 0 Å². The van der Waals surface area contributed by atoms with Crippen molar-refractivity contribution in [2.75, 3.05) is 7.11 Å². The van der Waals surface area contributed by atoms with Gasteiger partial charge in [0.2, 0.25) is 0 Å². The molecule has 0 aromatic carbocycles. The van der Waals surface area contributed by atoms with Crippen molar-refractivity contribution in [2.24, 2.45) is 11.8 Å². The molecule has 5 fully saturated rings. The highest BCUT2D eigenvalue weighted by Crippen LogP contribution is 2.64. The first-order chi connectivity index (χ1) is 8.63. The fraction of sp³-hybridized carbons (Fsp3) is 0.923. The molecule has 2 aliphatic heterocycles. The number of aliphatic hydroxyl groups is 1. The van der Waals surface area contributed by atoms with E-state index >= 15 is 0 Å². The van der Waals surface area contributed by atoms with Crippen LogP contribution >= 0.6 is 0 Å². The molecule has 3 saturated carbocycles. The first kappa shape index (κ1) is 11.2. The Morgan fingerprint density at radius 3 is 3.00 bits per heavy atom. The summed E-state index contributed by atoms with van der Waals surface area (Å²) in [5, 5.41) is 9.72. The van der Waals surface area contributed by atoms with Crippen LogP contribution in [-0.2, 0) is 19.0 Å². The van der Waals surface area contributed by atoms with E-state index in [0.717, 1.165) is 19.3 Å². The summed E-state index contributed by atoms with van der Waals surface area (Å²) >= 11 is 0. The molecule has 3 aliphatic carbocycles. The van der Waals surface area contributed by atoms with Gasteiger partial charge in [0, 0.05) is 13.5 Å².